The van der Waals surface area contributed by atoms with Crippen molar-refractivity contribution < 1.29 is 14.3 Å². The van der Waals surface area contributed by atoms with E-state index in [1.54, 1.807) is 7.11 Å². The van der Waals surface area contributed by atoms with Crippen LogP contribution in [0.2, 0.25) is 0 Å². The summed E-state index contributed by atoms with van der Waals surface area (Å²) in [6, 6.07) is 7.96. The van der Waals surface area contributed by atoms with E-state index in [9.17, 15) is 9.59 Å². The van der Waals surface area contributed by atoms with Crippen molar-refractivity contribution in [2.45, 2.75) is 19.4 Å². The zero-order valence-corrected chi connectivity index (χ0v) is 15.8. The van der Waals surface area contributed by atoms with Crippen LogP contribution in [0.25, 0.3) is 0 Å². The third kappa shape index (κ3) is 3.62. The van der Waals surface area contributed by atoms with Gasteiger partial charge in [-0.1, -0.05) is 12.1 Å². The molecule has 0 aromatic heterocycles. The molecule has 2 aliphatic rings. The van der Waals surface area contributed by atoms with Crippen LogP contribution in [0.4, 0.5) is 5.69 Å². The molecule has 1 N–H and O–H groups in total. The van der Waals surface area contributed by atoms with E-state index in [4.69, 9.17) is 4.74 Å². The number of amides is 2. The largest absolute Gasteiger partial charge is 0.495 e. The first kappa shape index (κ1) is 18.5. The Morgan fingerprint density at radius 2 is 1.85 bits per heavy atom. The molecule has 0 unspecified atom stereocenters. The van der Waals surface area contributed by atoms with Gasteiger partial charge in [-0.05, 0) is 26.0 Å². The quantitative estimate of drug-likeness (QED) is 0.850. The highest BCUT2D eigenvalue weighted by Crippen LogP contribution is 2.28. The molecule has 2 heterocycles. The Morgan fingerprint density at radius 3 is 2.54 bits per heavy atom. The highest BCUT2D eigenvalue weighted by Gasteiger charge is 2.39. The molecular formula is C19H28N4O3. The van der Waals surface area contributed by atoms with Crippen molar-refractivity contribution >= 4 is 17.5 Å². The molecule has 0 aliphatic carbocycles. The summed E-state index contributed by atoms with van der Waals surface area (Å²) in [5.74, 6) is 0.929. The zero-order valence-electron chi connectivity index (χ0n) is 15.8. The van der Waals surface area contributed by atoms with Crippen LogP contribution >= 0.6 is 0 Å². The van der Waals surface area contributed by atoms with Crippen LogP contribution in [0.15, 0.2) is 24.3 Å². The summed E-state index contributed by atoms with van der Waals surface area (Å²) in [6.45, 7) is 8.22. The molecular weight excluding hydrogens is 332 g/mol. The van der Waals surface area contributed by atoms with Crippen molar-refractivity contribution in [1.82, 2.24) is 15.1 Å². The second kappa shape index (κ2) is 7.53. The van der Waals surface area contributed by atoms with Gasteiger partial charge in [0.25, 0.3) is 0 Å². The Morgan fingerprint density at radius 1 is 1.15 bits per heavy atom. The first-order valence-corrected chi connectivity index (χ1v) is 9.12. The van der Waals surface area contributed by atoms with Crippen LogP contribution < -0.4 is 15.0 Å². The minimum Gasteiger partial charge on any atom is -0.495 e. The Labute approximate surface area is 154 Å². The molecule has 1 aromatic carbocycles. The number of ether oxygens (including phenoxy) is 1. The fourth-order valence-electron chi connectivity index (χ4n) is 3.57. The van der Waals surface area contributed by atoms with Crippen LogP contribution in [-0.4, -0.2) is 80.1 Å². The molecule has 0 saturated carbocycles. The van der Waals surface area contributed by atoms with Crippen molar-refractivity contribution in [1.29, 1.82) is 0 Å². The number of nitrogens with zero attached hydrogens (tertiary/aromatic N) is 3. The summed E-state index contributed by atoms with van der Waals surface area (Å²) >= 11 is 0. The van der Waals surface area contributed by atoms with E-state index < -0.39 is 5.54 Å². The number of piperazine rings is 2. The van der Waals surface area contributed by atoms with Gasteiger partial charge < -0.3 is 19.9 Å². The van der Waals surface area contributed by atoms with E-state index in [0.29, 0.717) is 26.2 Å². The molecule has 0 atom stereocenters. The molecule has 0 bridgehead atoms. The lowest BCUT2D eigenvalue weighted by molar-refractivity contribution is -0.141. The summed E-state index contributed by atoms with van der Waals surface area (Å²) in [4.78, 5) is 30.9. The van der Waals surface area contributed by atoms with E-state index in [1.807, 2.05) is 47.9 Å². The number of nitrogens with one attached hydrogen (secondary N) is 1. The van der Waals surface area contributed by atoms with E-state index in [0.717, 1.165) is 24.5 Å². The van der Waals surface area contributed by atoms with Gasteiger partial charge >= 0.3 is 0 Å². The number of para-hydroxylation sites is 2. The van der Waals surface area contributed by atoms with Gasteiger partial charge in [-0.25, -0.2) is 0 Å². The van der Waals surface area contributed by atoms with Crippen LogP contribution in [-0.2, 0) is 9.59 Å². The summed E-state index contributed by atoms with van der Waals surface area (Å²) in [5.41, 5.74) is 0.420. The smallest absolute Gasteiger partial charge is 0.240 e. The molecule has 7 nitrogen and oxygen atoms in total. The molecule has 26 heavy (non-hydrogen) atoms. The molecule has 3 rings (SSSR count). The number of methoxy groups -OCH3 is 1. The zero-order chi connectivity index (χ0) is 18.7. The normalized spacial score (nSPS) is 20.7. The number of anilines is 1. The molecule has 7 heteroatoms. The second-order valence-corrected chi connectivity index (χ2v) is 7.28. The van der Waals surface area contributed by atoms with Gasteiger partial charge in [0.2, 0.25) is 11.8 Å². The predicted molar refractivity (Wildman–Crippen MR) is 100 cm³/mol. The molecule has 142 valence electrons. The second-order valence-electron chi connectivity index (χ2n) is 7.28. The van der Waals surface area contributed by atoms with Gasteiger partial charge in [0, 0.05) is 39.3 Å². The molecule has 1 aromatic rings. The van der Waals surface area contributed by atoms with E-state index in [1.165, 1.54) is 0 Å². The third-order valence-corrected chi connectivity index (χ3v) is 5.40. The van der Waals surface area contributed by atoms with Gasteiger partial charge in [0.1, 0.15) is 5.75 Å². The molecule has 2 aliphatic heterocycles. The average molecular weight is 360 g/mol. The number of hydrogen-bond acceptors (Lipinski definition) is 5. The van der Waals surface area contributed by atoms with Gasteiger partial charge in [-0.3, -0.25) is 14.5 Å². The van der Waals surface area contributed by atoms with Gasteiger partial charge in [-0.2, -0.15) is 0 Å². The Bertz CT molecular complexity index is 669. The Kier molecular flexibility index (Phi) is 5.36. The maximum Gasteiger partial charge on any atom is 0.240 e. The van der Waals surface area contributed by atoms with Crippen molar-refractivity contribution in [3.8, 4) is 5.75 Å². The minimum atomic E-state index is -0.646. The Balaban J connectivity index is 1.58. The first-order valence-electron chi connectivity index (χ1n) is 9.12. The van der Waals surface area contributed by atoms with Crippen molar-refractivity contribution in [2.24, 2.45) is 0 Å². The molecule has 0 radical (unpaired) electrons. The lowest BCUT2D eigenvalue weighted by Gasteiger charge is -2.42. The SMILES string of the molecule is COc1ccccc1N1CCN(C(=O)CN2CCNC(=O)C2(C)C)CC1. The number of hydrogen-bond donors (Lipinski definition) is 1. The molecule has 2 saturated heterocycles. The van der Waals surface area contributed by atoms with Crippen LogP contribution in [0, 0.1) is 0 Å². The highest BCUT2D eigenvalue weighted by atomic mass is 16.5. The van der Waals surface area contributed by atoms with Crippen LogP contribution in [0.5, 0.6) is 5.75 Å². The fraction of sp³-hybridized carbons (Fsp3) is 0.579. The van der Waals surface area contributed by atoms with Crippen LogP contribution in [0.1, 0.15) is 13.8 Å². The van der Waals surface area contributed by atoms with Crippen LogP contribution in [0.3, 0.4) is 0 Å². The summed E-state index contributed by atoms with van der Waals surface area (Å²) in [7, 11) is 1.68. The predicted octanol–water partition coefficient (Wildman–Crippen LogP) is 0.554. The third-order valence-electron chi connectivity index (χ3n) is 5.40. The number of carbonyl (C=O) groups is 2. The molecule has 2 amide bonds. The highest BCUT2D eigenvalue weighted by molar-refractivity contribution is 5.87. The standard InChI is InChI=1S/C19H28N4O3/c1-19(2)18(25)20-8-9-23(19)14-17(24)22-12-10-21(11-13-22)15-6-4-5-7-16(15)26-3/h4-7H,8-14H2,1-3H3,(H,20,25). The molecule has 0 spiro atoms. The average Bonchev–Trinajstić information content (AvgIpc) is 2.66. The van der Waals surface area contributed by atoms with Crippen molar-refractivity contribution in [3.63, 3.8) is 0 Å². The summed E-state index contributed by atoms with van der Waals surface area (Å²) in [5, 5.41) is 2.87. The fourth-order valence-corrected chi connectivity index (χ4v) is 3.57. The number of rotatable bonds is 4. The van der Waals surface area contributed by atoms with Gasteiger partial charge in [0.15, 0.2) is 0 Å². The monoisotopic (exact) mass is 360 g/mol. The van der Waals surface area contributed by atoms with Gasteiger partial charge in [-0.15, -0.1) is 0 Å². The number of carbonyl (C=O) groups excluding carboxylic acids is 2. The number of benzene rings is 1. The molecule has 2 fully saturated rings. The van der Waals surface area contributed by atoms with E-state index in [-0.39, 0.29) is 18.4 Å². The summed E-state index contributed by atoms with van der Waals surface area (Å²) < 4.78 is 5.44. The maximum absolute atomic E-state index is 12.7. The van der Waals surface area contributed by atoms with E-state index >= 15 is 0 Å². The summed E-state index contributed by atoms with van der Waals surface area (Å²) in [6.07, 6.45) is 0. The van der Waals surface area contributed by atoms with Crippen molar-refractivity contribution in [3.05, 3.63) is 24.3 Å². The van der Waals surface area contributed by atoms with Gasteiger partial charge in [0.05, 0.1) is 24.9 Å². The minimum absolute atomic E-state index is 0.0162. The maximum atomic E-state index is 12.7. The van der Waals surface area contributed by atoms with E-state index in [2.05, 4.69) is 10.2 Å². The lowest BCUT2D eigenvalue weighted by Crippen LogP contribution is -2.64. The lowest BCUT2D eigenvalue weighted by atomic mass is 9.99. The Hall–Kier alpha value is -2.28. The van der Waals surface area contributed by atoms with Crippen molar-refractivity contribution in [2.75, 3.05) is 57.8 Å². The first-order chi connectivity index (χ1) is 12.4. The topological polar surface area (TPSA) is 65.1 Å².